The van der Waals surface area contributed by atoms with Crippen molar-refractivity contribution in [3.05, 3.63) is 36.8 Å². The Kier molecular flexibility index (Phi) is 3.55. The first kappa shape index (κ1) is 11.4. The first-order chi connectivity index (χ1) is 8.29. The zero-order chi connectivity index (χ0) is 12.1. The van der Waals surface area contributed by atoms with Crippen LogP contribution in [0.4, 0.5) is 5.69 Å². The van der Waals surface area contributed by atoms with Gasteiger partial charge in [-0.05, 0) is 24.1 Å². The van der Waals surface area contributed by atoms with Crippen LogP contribution in [0.3, 0.4) is 0 Å². The van der Waals surface area contributed by atoms with E-state index in [1.54, 1.807) is 12.5 Å². The summed E-state index contributed by atoms with van der Waals surface area (Å²) in [6, 6.07) is 7.69. The molecule has 0 bridgehead atoms. The summed E-state index contributed by atoms with van der Waals surface area (Å²) < 4.78 is 0. The molecular formula is C13H15N3O. The van der Waals surface area contributed by atoms with Crippen LogP contribution in [0.2, 0.25) is 0 Å². The van der Waals surface area contributed by atoms with Crippen LogP contribution in [0.5, 0.6) is 0 Å². The molecule has 4 heteroatoms. The van der Waals surface area contributed by atoms with Gasteiger partial charge in [0.2, 0.25) is 5.91 Å². The van der Waals surface area contributed by atoms with Crippen molar-refractivity contribution in [2.75, 3.05) is 5.32 Å². The van der Waals surface area contributed by atoms with Crippen LogP contribution in [-0.2, 0) is 4.79 Å². The van der Waals surface area contributed by atoms with E-state index in [1.807, 2.05) is 31.2 Å². The molecule has 0 aliphatic heterocycles. The van der Waals surface area contributed by atoms with Gasteiger partial charge in [-0.1, -0.05) is 19.1 Å². The first-order valence-electron chi connectivity index (χ1n) is 5.68. The summed E-state index contributed by atoms with van der Waals surface area (Å²) >= 11 is 0. The fourth-order valence-corrected chi connectivity index (χ4v) is 1.60. The molecule has 2 rings (SSSR count). The number of nitrogens with one attached hydrogen (secondary N) is 2. The van der Waals surface area contributed by atoms with Gasteiger partial charge in [-0.25, -0.2) is 4.98 Å². The maximum absolute atomic E-state index is 11.4. The average molecular weight is 229 g/mol. The third-order valence-electron chi connectivity index (χ3n) is 2.45. The quantitative estimate of drug-likeness (QED) is 0.847. The Bertz CT molecular complexity index is 474. The summed E-state index contributed by atoms with van der Waals surface area (Å²) in [4.78, 5) is 18.4. The Labute approximate surface area is 100 Å². The molecule has 1 heterocycles. The van der Waals surface area contributed by atoms with Crippen LogP contribution in [0.25, 0.3) is 11.3 Å². The normalized spacial score (nSPS) is 10.2. The van der Waals surface area contributed by atoms with Crippen LogP contribution in [-0.4, -0.2) is 15.9 Å². The average Bonchev–Trinajstić information content (AvgIpc) is 2.84. The lowest BCUT2D eigenvalue weighted by Crippen LogP contribution is -2.10. The number of aromatic nitrogens is 2. The molecule has 1 amide bonds. The minimum Gasteiger partial charge on any atom is -0.345 e. The summed E-state index contributed by atoms with van der Waals surface area (Å²) in [5.41, 5.74) is 2.85. The molecule has 0 radical (unpaired) electrons. The topological polar surface area (TPSA) is 57.8 Å². The number of H-pyrrole nitrogens is 1. The van der Waals surface area contributed by atoms with Crippen molar-refractivity contribution in [3.63, 3.8) is 0 Å². The van der Waals surface area contributed by atoms with Gasteiger partial charge >= 0.3 is 0 Å². The van der Waals surface area contributed by atoms with E-state index in [0.29, 0.717) is 6.42 Å². The largest absolute Gasteiger partial charge is 0.345 e. The second kappa shape index (κ2) is 5.30. The minimum atomic E-state index is 0.0572. The van der Waals surface area contributed by atoms with Gasteiger partial charge in [0, 0.05) is 12.1 Å². The number of anilines is 1. The highest BCUT2D eigenvalue weighted by atomic mass is 16.1. The summed E-state index contributed by atoms with van der Waals surface area (Å²) in [6.07, 6.45) is 4.83. The number of carbonyl (C=O) groups is 1. The molecule has 4 nitrogen and oxygen atoms in total. The molecule has 2 N–H and O–H groups in total. The number of rotatable bonds is 4. The number of nitrogens with zero attached hydrogens (tertiary/aromatic N) is 1. The monoisotopic (exact) mass is 229 g/mol. The number of aromatic amines is 1. The standard InChI is InChI=1S/C13H15N3O/c1-2-3-13(17)16-11-6-4-10(5-7-11)12-8-14-9-15-12/h4-9H,2-3H2,1H3,(H,14,15)(H,16,17). The minimum absolute atomic E-state index is 0.0572. The molecule has 88 valence electrons. The molecule has 2 aromatic rings. The van der Waals surface area contributed by atoms with Crippen LogP contribution < -0.4 is 5.32 Å². The van der Waals surface area contributed by atoms with Crippen LogP contribution in [0, 0.1) is 0 Å². The van der Waals surface area contributed by atoms with E-state index in [4.69, 9.17) is 0 Å². The van der Waals surface area contributed by atoms with Crippen LogP contribution in [0.1, 0.15) is 19.8 Å². The molecule has 0 atom stereocenters. The number of imidazole rings is 1. The first-order valence-corrected chi connectivity index (χ1v) is 5.68. The molecule has 0 aliphatic carbocycles. The number of benzene rings is 1. The number of amides is 1. The van der Waals surface area contributed by atoms with Crippen LogP contribution >= 0.6 is 0 Å². The van der Waals surface area contributed by atoms with Crippen molar-refractivity contribution >= 4 is 11.6 Å². The van der Waals surface area contributed by atoms with Gasteiger partial charge < -0.3 is 10.3 Å². The maximum atomic E-state index is 11.4. The zero-order valence-electron chi connectivity index (χ0n) is 9.73. The molecule has 1 aromatic heterocycles. The lowest BCUT2D eigenvalue weighted by Gasteiger charge is -2.05. The Balaban J connectivity index is 2.06. The van der Waals surface area contributed by atoms with Gasteiger partial charge in [0.25, 0.3) is 0 Å². The molecule has 0 unspecified atom stereocenters. The van der Waals surface area contributed by atoms with E-state index in [-0.39, 0.29) is 5.91 Å². The number of carbonyl (C=O) groups excluding carboxylic acids is 1. The fourth-order valence-electron chi connectivity index (χ4n) is 1.60. The van der Waals surface area contributed by atoms with Crippen molar-refractivity contribution in [2.24, 2.45) is 0 Å². The molecular weight excluding hydrogens is 214 g/mol. The second-order valence-corrected chi connectivity index (χ2v) is 3.84. The lowest BCUT2D eigenvalue weighted by molar-refractivity contribution is -0.116. The van der Waals surface area contributed by atoms with E-state index in [1.165, 1.54) is 0 Å². The molecule has 0 spiro atoms. The van der Waals surface area contributed by atoms with E-state index < -0.39 is 0 Å². The van der Waals surface area contributed by atoms with Gasteiger partial charge in [-0.15, -0.1) is 0 Å². The Morgan fingerprint density at radius 3 is 2.71 bits per heavy atom. The summed E-state index contributed by atoms with van der Waals surface area (Å²) in [5, 5.41) is 2.85. The van der Waals surface area contributed by atoms with Crippen LogP contribution in [0.15, 0.2) is 36.8 Å². The fraction of sp³-hybridized carbons (Fsp3) is 0.231. The molecule has 0 saturated carbocycles. The lowest BCUT2D eigenvalue weighted by atomic mass is 10.1. The number of hydrogen-bond donors (Lipinski definition) is 2. The third-order valence-corrected chi connectivity index (χ3v) is 2.45. The van der Waals surface area contributed by atoms with Gasteiger partial charge in [0.1, 0.15) is 0 Å². The van der Waals surface area contributed by atoms with Crippen molar-refractivity contribution in [2.45, 2.75) is 19.8 Å². The molecule has 0 fully saturated rings. The summed E-state index contributed by atoms with van der Waals surface area (Å²) in [6.45, 7) is 1.99. The highest BCUT2D eigenvalue weighted by Crippen LogP contribution is 2.18. The van der Waals surface area contributed by atoms with Crippen molar-refractivity contribution < 1.29 is 4.79 Å². The van der Waals surface area contributed by atoms with Gasteiger partial charge in [0.15, 0.2) is 0 Å². The highest BCUT2D eigenvalue weighted by molar-refractivity contribution is 5.90. The van der Waals surface area contributed by atoms with Gasteiger partial charge in [-0.2, -0.15) is 0 Å². The van der Waals surface area contributed by atoms with E-state index >= 15 is 0 Å². The van der Waals surface area contributed by atoms with Gasteiger partial charge in [0.05, 0.1) is 18.2 Å². The maximum Gasteiger partial charge on any atom is 0.224 e. The van der Waals surface area contributed by atoms with Gasteiger partial charge in [-0.3, -0.25) is 4.79 Å². The molecule has 1 aromatic carbocycles. The smallest absolute Gasteiger partial charge is 0.224 e. The summed E-state index contributed by atoms with van der Waals surface area (Å²) in [5.74, 6) is 0.0572. The Hall–Kier alpha value is -2.10. The third kappa shape index (κ3) is 2.93. The van der Waals surface area contributed by atoms with Crippen molar-refractivity contribution in [3.8, 4) is 11.3 Å². The van der Waals surface area contributed by atoms with Crippen molar-refractivity contribution in [1.29, 1.82) is 0 Å². The molecule has 0 aliphatic rings. The van der Waals surface area contributed by atoms with Crippen molar-refractivity contribution in [1.82, 2.24) is 9.97 Å². The number of hydrogen-bond acceptors (Lipinski definition) is 2. The SMILES string of the molecule is CCCC(=O)Nc1ccc(-c2cnc[nH]2)cc1. The predicted octanol–water partition coefficient (Wildman–Crippen LogP) is 2.82. The van der Waals surface area contributed by atoms with E-state index in [9.17, 15) is 4.79 Å². The molecule has 0 saturated heterocycles. The zero-order valence-corrected chi connectivity index (χ0v) is 9.73. The highest BCUT2D eigenvalue weighted by Gasteiger charge is 2.02. The Morgan fingerprint density at radius 2 is 2.12 bits per heavy atom. The summed E-state index contributed by atoms with van der Waals surface area (Å²) in [7, 11) is 0. The van der Waals surface area contributed by atoms with E-state index in [0.717, 1.165) is 23.4 Å². The second-order valence-electron chi connectivity index (χ2n) is 3.84. The predicted molar refractivity (Wildman–Crippen MR) is 67.6 cm³/mol. The van der Waals surface area contributed by atoms with E-state index in [2.05, 4.69) is 15.3 Å². The molecule has 17 heavy (non-hydrogen) atoms. The Morgan fingerprint density at radius 1 is 1.35 bits per heavy atom.